The third-order valence-electron chi connectivity index (χ3n) is 5.85. The summed E-state index contributed by atoms with van der Waals surface area (Å²) in [7, 11) is 0. The van der Waals surface area contributed by atoms with Crippen molar-refractivity contribution in [1.29, 1.82) is 0 Å². The lowest BCUT2D eigenvalue weighted by Gasteiger charge is -2.35. The number of ether oxygens (including phenoxy) is 7. The highest BCUT2D eigenvalue weighted by molar-refractivity contribution is 14.1. The van der Waals surface area contributed by atoms with Crippen LogP contribution >= 0.6 is 22.6 Å². The van der Waals surface area contributed by atoms with Gasteiger partial charge in [-0.25, -0.2) is 9.59 Å². The zero-order chi connectivity index (χ0) is 27.4. The summed E-state index contributed by atoms with van der Waals surface area (Å²) >= 11 is 2.15. The number of terminal acetylenes is 1. The van der Waals surface area contributed by atoms with Crippen LogP contribution < -0.4 is 0 Å². The van der Waals surface area contributed by atoms with E-state index >= 15 is 0 Å². The van der Waals surface area contributed by atoms with Gasteiger partial charge in [-0.15, -0.1) is 6.42 Å². The number of esters is 3. The second kappa shape index (κ2) is 11.7. The molecule has 2 heterocycles. The minimum Gasteiger partial charge on any atom is -0.463 e. The second-order valence-corrected chi connectivity index (χ2v) is 10.2. The number of hydrogen-bond donors (Lipinski definition) is 0. The zero-order valence-corrected chi connectivity index (χ0v) is 23.6. The highest BCUT2D eigenvalue weighted by Gasteiger charge is 2.66. The average Bonchev–Trinajstić information content (AvgIpc) is 3.28. The molecule has 2 aliphatic rings. The van der Waals surface area contributed by atoms with E-state index in [1.807, 2.05) is 12.1 Å². The summed E-state index contributed by atoms with van der Waals surface area (Å²) in [4.78, 5) is 38.6. The molecule has 0 saturated carbocycles. The molecule has 0 aliphatic carbocycles. The highest BCUT2D eigenvalue weighted by Crippen LogP contribution is 2.45. The lowest BCUT2D eigenvalue weighted by molar-refractivity contribution is -0.239. The van der Waals surface area contributed by atoms with Gasteiger partial charge in [-0.1, -0.05) is 18.1 Å². The van der Waals surface area contributed by atoms with E-state index in [2.05, 4.69) is 28.5 Å². The number of carbonyl (C=O) groups excluding carboxylic acids is 3. The number of hydrogen-bond acceptors (Lipinski definition) is 10. The number of fused-ring (bicyclic) bond motifs is 1. The predicted octanol–water partition coefficient (Wildman–Crippen LogP) is 2.53. The predicted molar refractivity (Wildman–Crippen MR) is 137 cm³/mol. The fraction of sp³-hybridized carbons (Fsp3) is 0.577. The van der Waals surface area contributed by atoms with Crippen molar-refractivity contribution in [3.05, 3.63) is 33.4 Å². The molecule has 37 heavy (non-hydrogen) atoms. The lowest BCUT2D eigenvalue weighted by atomic mass is 9.91. The Labute approximate surface area is 229 Å². The molecule has 2 aliphatic heterocycles. The van der Waals surface area contributed by atoms with Gasteiger partial charge in [0.25, 0.3) is 5.60 Å². The van der Waals surface area contributed by atoms with E-state index in [1.54, 1.807) is 39.8 Å². The first-order chi connectivity index (χ1) is 17.4. The summed E-state index contributed by atoms with van der Waals surface area (Å²) in [5.41, 5.74) is -3.30. The first-order valence-corrected chi connectivity index (χ1v) is 12.9. The third-order valence-corrected chi connectivity index (χ3v) is 6.57. The summed E-state index contributed by atoms with van der Waals surface area (Å²) in [6.45, 7) is 7.31. The van der Waals surface area contributed by atoms with Crippen molar-refractivity contribution >= 4 is 40.5 Å². The van der Waals surface area contributed by atoms with Crippen LogP contribution in [-0.2, 0) is 54.0 Å². The maximum atomic E-state index is 13.3. The van der Waals surface area contributed by atoms with E-state index in [4.69, 9.17) is 39.6 Å². The van der Waals surface area contributed by atoms with Crippen LogP contribution in [0.3, 0.4) is 0 Å². The van der Waals surface area contributed by atoms with Gasteiger partial charge in [-0.05, 0) is 68.0 Å². The van der Waals surface area contributed by atoms with Gasteiger partial charge in [0.15, 0.2) is 18.2 Å². The van der Waals surface area contributed by atoms with Gasteiger partial charge < -0.3 is 33.2 Å². The number of rotatable bonds is 10. The fourth-order valence-electron chi connectivity index (χ4n) is 4.29. The Hall–Kier alpha value is -2.24. The molecule has 3 rings (SSSR count). The van der Waals surface area contributed by atoms with Crippen molar-refractivity contribution in [2.75, 3.05) is 19.8 Å². The molecule has 202 valence electrons. The Kier molecular flexibility index (Phi) is 9.23. The molecule has 2 fully saturated rings. The molecule has 1 aromatic carbocycles. The maximum absolute atomic E-state index is 13.3. The normalized spacial score (nSPS) is 26.1. The van der Waals surface area contributed by atoms with Crippen LogP contribution in [0.25, 0.3) is 0 Å². The Balaban J connectivity index is 1.99. The van der Waals surface area contributed by atoms with Gasteiger partial charge in [0.2, 0.25) is 5.60 Å². The first kappa shape index (κ1) is 29.3. The Morgan fingerprint density at radius 2 is 1.68 bits per heavy atom. The summed E-state index contributed by atoms with van der Waals surface area (Å²) < 4.78 is 40.8. The van der Waals surface area contributed by atoms with Gasteiger partial charge in [-0.3, -0.25) is 4.79 Å². The lowest BCUT2D eigenvalue weighted by Crippen LogP contribution is -2.57. The van der Waals surface area contributed by atoms with Crippen LogP contribution in [0.1, 0.15) is 40.2 Å². The van der Waals surface area contributed by atoms with Gasteiger partial charge in [0, 0.05) is 16.9 Å². The van der Waals surface area contributed by atoms with Crippen LogP contribution in [0.15, 0.2) is 24.3 Å². The Morgan fingerprint density at radius 1 is 1.08 bits per heavy atom. The fourth-order valence-corrected chi connectivity index (χ4v) is 4.65. The summed E-state index contributed by atoms with van der Waals surface area (Å²) in [5, 5.41) is 0. The van der Waals surface area contributed by atoms with E-state index in [0.717, 1.165) is 3.57 Å². The molecule has 0 aromatic heterocycles. The standard InChI is InChI=1S/C26H31IO10/c1-7-25(35-16(4)28)19(34-21-20(25)36-24(5,6)37-21)15-33-26(22(29)31-8-2,23(30)32-9-3)14-17-10-12-18(27)13-11-17/h1,10-13,19-21H,8-9,14-15H2,2-6H3/t19-,20+,21-,25-/m1/s1. The van der Waals surface area contributed by atoms with Crippen LogP contribution in [0.2, 0.25) is 0 Å². The third kappa shape index (κ3) is 6.09. The summed E-state index contributed by atoms with van der Waals surface area (Å²) in [5.74, 6) is -1.11. The van der Waals surface area contributed by atoms with Crippen molar-refractivity contribution < 1.29 is 47.5 Å². The van der Waals surface area contributed by atoms with Crippen LogP contribution in [0.5, 0.6) is 0 Å². The molecular weight excluding hydrogens is 599 g/mol. The van der Waals surface area contributed by atoms with E-state index in [0.29, 0.717) is 5.56 Å². The van der Waals surface area contributed by atoms with Crippen LogP contribution in [0, 0.1) is 15.9 Å². The zero-order valence-electron chi connectivity index (χ0n) is 21.4. The highest BCUT2D eigenvalue weighted by atomic mass is 127. The van der Waals surface area contributed by atoms with Gasteiger partial charge >= 0.3 is 17.9 Å². The van der Waals surface area contributed by atoms with E-state index in [-0.39, 0.29) is 19.6 Å². The van der Waals surface area contributed by atoms with Gasteiger partial charge in [0.05, 0.1) is 19.8 Å². The quantitative estimate of drug-likeness (QED) is 0.126. The molecule has 0 radical (unpaired) electrons. The number of halogens is 1. The average molecular weight is 630 g/mol. The van der Waals surface area contributed by atoms with Crippen LogP contribution in [0.4, 0.5) is 0 Å². The van der Waals surface area contributed by atoms with Gasteiger partial charge in [-0.2, -0.15) is 0 Å². The molecule has 0 bridgehead atoms. The molecule has 0 unspecified atom stereocenters. The SMILES string of the molecule is C#C[C@@]1(OC(C)=O)[C@@H](COC(Cc2ccc(I)cc2)(C(=O)OCC)C(=O)OCC)O[C@@H]2OC(C)(C)O[C@@H]21. The Morgan fingerprint density at radius 3 is 2.19 bits per heavy atom. The summed E-state index contributed by atoms with van der Waals surface area (Å²) in [6, 6.07) is 7.20. The molecule has 2 saturated heterocycles. The molecular formula is C26H31IO10. The topological polar surface area (TPSA) is 116 Å². The molecule has 4 atom stereocenters. The van der Waals surface area contributed by atoms with E-state index in [1.165, 1.54) is 6.92 Å². The minimum atomic E-state index is -2.18. The van der Waals surface area contributed by atoms with Crippen molar-refractivity contribution in [3.8, 4) is 12.3 Å². The van der Waals surface area contributed by atoms with Crippen molar-refractivity contribution in [3.63, 3.8) is 0 Å². The largest absolute Gasteiger partial charge is 0.463 e. The monoisotopic (exact) mass is 630 g/mol. The van der Waals surface area contributed by atoms with Gasteiger partial charge in [0.1, 0.15) is 6.10 Å². The maximum Gasteiger partial charge on any atom is 0.350 e. The first-order valence-electron chi connectivity index (χ1n) is 11.8. The molecule has 0 N–H and O–H groups in total. The molecule has 0 spiro atoms. The molecule has 10 nitrogen and oxygen atoms in total. The van der Waals surface area contributed by atoms with Crippen molar-refractivity contribution in [2.24, 2.45) is 0 Å². The summed E-state index contributed by atoms with van der Waals surface area (Å²) in [6.07, 6.45) is 2.58. The van der Waals surface area contributed by atoms with E-state index in [9.17, 15) is 14.4 Å². The molecule has 11 heteroatoms. The van der Waals surface area contributed by atoms with Crippen molar-refractivity contribution in [2.45, 2.75) is 76.5 Å². The van der Waals surface area contributed by atoms with E-state index < -0.39 is 60.0 Å². The van der Waals surface area contributed by atoms with Crippen LogP contribution in [-0.4, -0.2) is 73.2 Å². The number of carbonyl (C=O) groups is 3. The van der Waals surface area contributed by atoms with Crippen molar-refractivity contribution in [1.82, 2.24) is 0 Å². The molecule has 1 aromatic rings. The smallest absolute Gasteiger partial charge is 0.350 e. The minimum absolute atomic E-state index is 0.00137. The second-order valence-electron chi connectivity index (χ2n) is 8.96. The Bertz CT molecular complexity index is 1030. The number of benzene rings is 1. The molecule has 0 amide bonds.